The van der Waals surface area contributed by atoms with Gasteiger partial charge in [0.1, 0.15) is 12.4 Å². The number of rotatable bonds is 3. The number of aliphatic hydroxyl groups is 1. The van der Waals surface area contributed by atoms with E-state index in [-0.39, 0.29) is 11.3 Å². The Bertz CT molecular complexity index is 317. The summed E-state index contributed by atoms with van der Waals surface area (Å²) in [5.74, 6) is -3.51. The molecule has 14 heavy (non-hydrogen) atoms. The highest BCUT2D eigenvalue weighted by Gasteiger charge is 2.37. The molecule has 1 aromatic rings. The van der Waals surface area contributed by atoms with E-state index in [1.807, 2.05) is 0 Å². The summed E-state index contributed by atoms with van der Waals surface area (Å²) in [6.07, 6.45) is 0. The van der Waals surface area contributed by atoms with Crippen molar-refractivity contribution in [3.05, 3.63) is 29.8 Å². The van der Waals surface area contributed by atoms with Crippen molar-refractivity contribution < 1.29 is 19.0 Å². The molecule has 0 aliphatic heterocycles. The molecule has 0 amide bonds. The van der Waals surface area contributed by atoms with Crippen LogP contribution in [0.1, 0.15) is 11.6 Å². The van der Waals surface area contributed by atoms with Gasteiger partial charge in [-0.3, -0.25) is 0 Å². The van der Waals surface area contributed by atoms with Gasteiger partial charge in [0.05, 0.1) is 6.04 Å². The predicted molar refractivity (Wildman–Crippen MR) is 47.1 cm³/mol. The number of hydrogen-bond donors (Lipinski definition) is 3. The maximum absolute atomic E-state index is 12.9. The highest BCUT2D eigenvalue weighted by atomic mass is 19.3. The molecule has 0 saturated heterocycles. The van der Waals surface area contributed by atoms with E-state index in [9.17, 15) is 8.78 Å². The summed E-state index contributed by atoms with van der Waals surface area (Å²) >= 11 is 0. The first kappa shape index (κ1) is 10.9. The average Bonchev–Trinajstić information content (AvgIpc) is 2.16. The lowest BCUT2D eigenvalue weighted by Gasteiger charge is -2.21. The van der Waals surface area contributed by atoms with E-state index < -0.39 is 18.6 Å². The Kier molecular flexibility index (Phi) is 3.03. The molecule has 0 bridgehead atoms. The van der Waals surface area contributed by atoms with Gasteiger partial charge in [-0.25, -0.2) is 8.78 Å². The number of alkyl halides is 2. The summed E-state index contributed by atoms with van der Waals surface area (Å²) in [6.45, 7) is -1.32. The minimum Gasteiger partial charge on any atom is -0.508 e. The van der Waals surface area contributed by atoms with Gasteiger partial charge >= 0.3 is 0 Å². The lowest BCUT2D eigenvalue weighted by molar-refractivity contribution is -0.0712. The maximum atomic E-state index is 12.9. The third-order valence-electron chi connectivity index (χ3n) is 1.90. The molecule has 0 aliphatic carbocycles. The topological polar surface area (TPSA) is 66.5 Å². The minimum absolute atomic E-state index is 0.0871. The van der Waals surface area contributed by atoms with Crippen molar-refractivity contribution in [2.24, 2.45) is 5.73 Å². The van der Waals surface area contributed by atoms with Crippen molar-refractivity contribution in [3.63, 3.8) is 0 Å². The molecule has 5 heteroatoms. The SMILES string of the molecule is N[C@@H](c1cccc(O)c1)C(F)(F)CO. The van der Waals surface area contributed by atoms with Crippen molar-refractivity contribution in [2.45, 2.75) is 12.0 Å². The highest BCUT2D eigenvalue weighted by molar-refractivity contribution is 5.30. The minimum atomic E-state index is -3.38. The molecular weight excluding hydrogens is 192 g/mol. The first-order valence-corrected chi connectivity index (χ1v) is 4.00. The average molecular weight is 203 g/mol. The molecule has 0 heterocycles. The number of phenolic OH excluding ortho intramolecular Hbond substituents is 1. The maximum Gasteiger partial charge on any atom is 0.289 e. The molecule has 0 aliphatic rings. The van der Waals surface area contributed by atoms with Crippen LogP contribution in [0.5, 0.6) is 5.75 Å². The molecule has 0 radical (unpaired) electrons. The van der Waals surface area contributed by atoms with Crippen molar-refractivity contribution in [2.75, 3.05) is 6.61 Å². The molecule has 0 unspecified atom stereocenters. The van der Waals surface area contributed by atoms with Gasteiger partial charge in [-0.2, -0.15) is 0 Å². The van der Waals surface area contributed by atoms with Crippen LogP contribution in [-0.2, 0) is 0 Å². The van der Waals surface area contributed by atoms with Gasteiger partial charge in [0, 0.05) is 0 Å². The summed E-state index contributed by atoms with van der Waals surface area (Å²) in [5, 5.41) is 17.4. The summed E-state index contributed by atoms with van der Waals surface area (Å²) in [4.78, 5) is 0. The Morgan fingerprint density at radius 3 is 2.57 bits per heavy atom. The Balaban J connectivity index is 2.94. The largest absolute Gasteiger partial charge is 0.508 e. The van der Waals surface area contributed by atoms with Gasteiger partial charge in [-0.05, 0) is 17.7 Å². The van der Waals surface area contributed by atoms with Crippen molar-refractivity contribution in [1.82, 2.24) is 0 Å². The Hall–Kier alpha value is -1.20. The van der Waals surface area contributed by atoms with E-state index in [1.54, 1.807) is 0 Å². The number of phenols is 1. The van der Waals surface area contributed by atoms with E-state index in [1.165, 1.54) is 18.2 Å². The Morgan fingerprint density at radius 2 is 2.07 bits per heavy atom. The van der Waals surface area contributed by atoms with Crippen LogP contribution in [0.15, 0.2) is 24.3 Å². The summed E-state index contributed by atoms with van der Waals surface area (Å²) < 4.78 is 25.8. The van der Waals surface area contributed by atoms with Crippen LogP contribution >= 0.6 is 0 Å². The quantitative estimate of drug-likeness (QED) is 0.687. The first-order chi connectivity index (χ1) is 6.47. The monoisotopic (exact) mass is 203 g/mol. The number of aliphatic hydroxyl groups excluding tert-OH is 1. The lowest BCUT2D eigenvalue weighted by Crippen LogP contribution is -2.36. The fourth-order valence-corrected chi connectivity index (χ4v) is 1.06. The van der Waals surface area contributed by atoms with E-state index >= 15 is 0 Å². The van der Waals surface area contributed by atoms with Gasteiger partial charge in [-0.15, -0.1) is 0 Å². The van der Waals surface area contributed by atoms with Crippen LogP contribution in [0.25, 0.3) is 0 Å². The summed E-state index contributed by atoms with van der Waals surface area (Å²) in [7, 11) is 0. The number of hydrogen-bond acceptors (Lipinski definition) is 3. The number of nitrogens with two attached hydrogens (primary N) is 1. The molecule has 0 aromatic heterocycles. The molecule has 0 saturated carbocycles. The van der Waals surface area contributed by atoms with Gasteiger partial charge in [0.2, 0.25) is 0 Å². The fourth-order valence-electron chi connectivity index (χ4n) is 1.06. The molecular formula is C9H11F2NO2. The number of halogens is 2. The summed E-state index contributed by atoms with van der Waals surface area (Å²) in [5.41, 5.74) is 5.32. The lowest BCUT2D eigenvalue weighted by atomic mass is 10.0. The normalized spacial score (nSPS) is 14.0. The smallest absolute Gasteiger partial charge is 0.289 e. The van der Waals surface area contributed by atoms with E-state index in [2.05, 4.69) is 0 Å². The fraction of sp³-hybridized carbons (Fsp3) is 0.333. The molecule has 0 spiro atoms. The van der Waals surface area contributed by atoms with Gasteiger partial charge < -0.3 is 15.9 Å². The molecule has 78 valence electrons. The molecule has 1 rings (SSSR count). The highest BCUT2D eigenvalue weighted by Crippen LogP contribution is 2.29. The molecule has 4 N–H and O–H groups in total. The zero-order valence-corrected chi connectivity index (χ0v) is 7.32. The second-order valence-corrected chi connectivity index (χ2v) is 2.99. The van der Waals surface area contributed by atoms with Crippen LogP contribution in [-0.4, -0.2) is 22.7 Å². The zero-order chi connectivity index (χ0) is 10.8. The third kappa shape index (κ3) is 2.18. The molecule has 0 fully saturated rings. The van der Waals surface area contributed by atoms with Crippen molar-refractivity contribution >= 4 is 0 Å². The Labute approximate surface area is 79.8 Å². The van der Waals surface area contributed by atoms with Crippen LogP contribution < -0.4 is 5.73 Å². The number of aromatic hydroxyl groups is 1. The summed E-state index contributed by atoms with van der Waals surface area (Å²) in [6, 6.07) is 3.67. The van der Waals surface area contributed by atoms with E-state index in [4.69, 9.17) is 15.9 Å². The predicted octanol–water partition coefficient (Wildman–Crippen LogP) is 1.02. The molecule has 3 nitrogen and oxygen atoms in total. The van der Waals surface area contributed by atoms with Crippen LogP contribution in [0.3, 0.4) is 0 Å². The van der Waals surface area contributed by atoms with Crippen molar-refractivity contribution in [3.8, 4) is 5.75 Å². The standard InChI is InChI=1S/C9H11F2NO2/c10-9(11,5-13)8(12)6-2-1-3-7(14)4-6/h1-4,8,13-14H,5,12H2/t8-/m0/s1. The second-order valence-electron chi connectivity index (χ2n) is 2.99. The van der Waals surface area contributed by atoms with Gasteiger partial charge in [-0.1, -0.05) is 12.1 Å². The Morgan fingerprint density at radius 1 is 1.43 bits per heavy atom. The second kappa shape index (κ2) is 3.89. The zero-order valence-electron chi connectivity index (χ0n) is 7.32. The first-order valence-electron chi connectivity index (χ1n) is 4.00. The van der Waals surface area contributed by atoms with Crippen LogP contribution in [0.4, 0.5) is 8.78 Å². The van der Waals surface area contributed by atoms with Crippen LogP contribution in [0.2, 0.25) is 0 Å². The molecule has 1 aromatic carbocycles. The van der Waals surface area contributed by atoms with Gasteiger partial charge in [0.25, 0.3) is 5.92 Å². The third-order valence-corrected chi connectivity index (χ3v) is 1.90. The van der Waals surface area contributed by atoms with Gasteiger partial charge in [0.15, 0.2) is 0 Å². The van der Waals surface area contributed by atoms with Crippen LogP contribution in [0, 0.1) is 0 Å². The van der Waals surface area contributed by atoms with E-state index in [0.29, 0.717) is 0 Å². The van der Waals surface area contributed by atoms with Crippen molar-refractivity contribution in [1.29, 1.82) is 0 Å². The number of benzene rings is 1. The molecule has 1 atom stereocenters. The van der Waals surface area contributed by atoms with E-state index in [0.717, 1.165) is 6.07 Å².